The first-order valence-corrected chi connectivity index (χ1v) is 6.82. The minimum atomic E-state index is 0.297. The van der Waals surface area contributed by atoms with Gasteiger partial charge in [0.05, 0.1) is 5.88 Å². The van der Waals surface area contributed by atoms with Gasteiger partial charge in [0.2, 0.25) is 0 Å². The number of pyridine rings is 1. The predicted octanol–water partition coefficient (Wildman–Crippen LogP) is 3.91. The summed E-state index contributed by atoms with van der Waals surface area (Å²) in [6, 6.07) is 2.06. The van der Waals surface area contributed by atoms with Crippen molar-refractivity contribution in [2.75, 3.05) is 0 Å². The third-order valence-electron chi connectivity index (χ3n) is 3.01. The zero-order chi connectivity index (χ0) is 13.3. The molecule has 0 atom stereocenters. The van der Waals surface area contributed by atoms with Gasteiger partial charge in [0.25, 0.3) is 0 Å². The summed E-state index contributed by atoms with van der Waals surface area (Å²) in [5, 5.41) is 0. The van der Waals surface area contributed by atoms with Crippen molar-refractivity contribution >= 4 is 22.8 Å². The smallest absolute Gasteiger partial charge is 0.160 e. The quantitative estimate of drug-likeness (QED) is 0.788. The predicted molar refractivity (Wildman–Crippen MR) is 75.9 cm³/mol. The van der Waals surface area contributed by atoms with Gasteiger partial charge in [-0.2, -0.15) is 0 Å². The number of halogens is 1. The van der Waals surface area contributed by atoms with Crippen molar-refractivity contribution in [3.63, 3.8) is 0 Å². The highest BCUT2D eigenvalue weighted by atomic mass is 35.5. The van der Waals surface area contributed by atoms with E-state index in [9.17, 15) is 0 Å². The van der Waals surface area contributed by atoms with Crippen molar-refractivity contribution < 1.29 is 0 Å². The minimum Gasteiger partial charge on any atom is -0.312 e. The first-order valence-electron chi connectivity index (χ1n) is 6.28. The summed E-state index contributed by atoms with van der Waals surface area (Å²) in [7, 11) is 0. The third kappa shape index (κ3) is 2.83. The molecule has 2 aromatic rings. The molecule has 0 saturated carbocycles. The van der Waals surface area contributed by atoms with Gasteiger partial charge < -0.3 is 4.57 Å². The monoisotopic (exact) mass is 265 g/mol. The van der Waals surface area contributed by atoms with E-state index in [1.807, 2.05) is 13.1 Å². The molecule has 0 amide bonds. The van der Waals surface area contributed by atoms with Crippen LogP contribution in [0.25, 0.3) is 11.2 Å². The fourth-order valence-electron chi connectivity index (χ4n) is 1.94. The molecule has 0 aromatic carbocycles. The van der Waals surface area contributed by atoms with E-state index in [1.165, 1.54) is 0 Å². The lowest BCUT2D eigenvalue weighted by atomic mass is 9.92. The van der Waals surface area contributed by atoms with Gasteiger partial charge in [-0.25, -0.2) is 9.97 Å². The van der Waals surface area contributed by atoms with E-state index in [2.05, 4.69) is 41.4 Å². The molecule has 0 spiro atoms. The molecule has 0 aliphatic carbocycles. The van der Waals surface area contributed by atoms with E-state index in [-0.39, 0.29) is 0 Å². The molecule has 18 heavy (non-hydrogen) atoms. The molecule has 4 heteroatoms. The second kappa shape index (κ2) is 4.88. The molecule has 0 aliphatic rings. The molecule has 0 unspecified atom stereocenters. The van der Waals surface area contributed by atoms with Crippen molar-refractivity contribution in [2.24, 2.45) is 5.41 Å². The largest absolute Gasteiger partial charge is 0.312 e. The zero-order valence-electron chi connectivity index (χ0n) is 11.5. The maximum atomic E-state index is 5.98. The Morgan fingerprint density at radius 1 is 1.33 bits per heavy atom. The van der Waals surface area contributed by atoms with Crippen LogP contribution in [0.1, 0.15) is 38.6 Å². The molecule has 2 heterocycles. The highest BCUT2D eigenvalue weighted by molar-refractivity contribution is 6.16. The summed E-state index contributed by atoms with van der Waals surface area (Å²) in [6.45, 7) is 9.66. The molecule has 0 N–H and O–H groups in total. The van der Waals surface area contributed by atoms with Gasteiger partial charge in [0.15, 0.2) is 5.65 Å². The van der Waals surface area contributed by atoms with E-state index in [4.69, 9.17) is 11.6 Å². The molecule has 98 valence electrons. The van der Waals surface area contributed by atoms with Crippen LogP contribution in [-0.2, 0) is 12.4 Å². The number of aryl methyl sites for hydroxylation is 2. The van der Waals surface area contributed by atoms with Gasteiger partial charge >= 0.3 is 0 Å². The number of alkyl halides is 1. The van der Waals surface area contributed by atoms with Gasteiger partial charge in [0.1, 0.15) is 11.3 Å². The van der Waals surface area contributed by atoms with Gasteiger partial charge in [-0.15, -0.1) is 11.6 Å². The number of fused-ring (bicyclic) bond motifs is 1. The minimum absolute atomic E-state index is 0.297. The van der Waals surface area contributed by atoms with Crippen LogP contribution in [-0.4, -0.2) is 14.5 Å². The molecule has 0 radical (unpaired) electrons. The molecular formula is C14H20ClN3. The maximum absolute atomic E-state index is 5.98. The average Bonchev–Trinajstić information content (AvgIpc) is 2.62. The number of rotatable bonds is 3. The summed E-state index contributed by atoms with van der Waals surface area (Å²) >= 11 is 5.98. The molecule has 0 fully saturated rings. The summed E-state index contributed by atoms with van der Waals surface area (Å²) in [4.78, 5) is 9.05. The second-order valence-corrected chi connectivity index (χ2v) is 6.25. The normalized spacial score (nSPS) is 12.3. The summed E-state index contributed by atoms with van der Waals surface area (Å²) < 4.78 is 2.15. The van der Waals surface area contributed by atoms with Crippen molar-refractivity contribution in [3.05, 3.63) is 23.7 Å². The van der Waals surface area contributed by atoms with Crippen LogP contribution >= 0.6 is 11.6 Å². The first kappa shape index (κ1) is 13.3. The number of imidazole rings is 1. The molecule has 3 nitrogen and oxygen atoms in total. The Balaban J connectivity index is 2.41. The fourth-order valence-corrected chi connectivity index (χ4v) is 2.15. The van der Waals surface area contributed by atoms with Crippen molar-refractivity contribution in [2.45, 2.75) is 46.5 Å². The molecular weight excluding hydrogens is 246 g/mol. The molecule has 2 aromatic heterocycles. The first-order chi connectivity index (χ1) is 8.40. The van der Waals surface area contributed by atoms with E-state index in [1.54, 1.807) is 0 Å². The van der Waals surface area contributed by atoms with Crippen LogP contribution < -0.4 is 0 Å². The SMILES string of the molecule is Cc1cnc2c(c1)nc(CCl)n2CCC(C)(C)C. The van der Waals surface area contributed by atoms with E-state index >= 15 is 0 Å². The van der Waals surface area contributed by atoms with E-state index < -0.39 is 0 Å². The maximum Gasteiger partial charge on any atom is 0.160 e. The van der Waals surface area contributed by atoms with Crippen molar-refractivity contribution in [1.29, 1.82) is 0 Å². The Hall–Kier alpha value is -1.09. The highest BCUT2D eigenvalue weighted by Gasteiger charge is 2.15. The number of nitrogens with zero attached hydrogens (tertiary/aromatic N) is 3. The Morgan fingerprint density at radius 2 is 2.06 bits per heavy atom. The fraction of sp³-hybridized carbons (Fsp3) is 0.571. The zero-order valence-corrected chi connectivity index (χ0v) is 12.3. The third-order valence-corrected chi connectivity index (χ3v) is 3.24. The van der Waals surface area contributed by atoms with E-state index in [0.717, 1.165) is 35.5 Å². The molecule has 2 rings (SSSR count). The summed E-state index contributed by atoms with van der Waals surface area (Å²) in [5.41, 5.74) is 3.31. The topological polar surface area (TPSA) is 30.7 Å². The van der Waals surface area contributed by atoms with Crippen molar-refractivity contribution in [1.82, 2.24) is 14.5 Å². The van der Waals surface area contributed by atoms with Gasteiger partial charge in [0, 0.05) is 12.7 Å². The van der Waals surface area contributed by atoms with Gasteiger partial charge in [-0.05, 0) is 30.4 Å². The van der Waals surface area contributed by atoms with Gasteiger partial charge in [-0.3, -0.25) is 0 Å². The lowest BCUT2D eigenvalue weighted by Crippen LogP contribution is -2.12. The lowest BCUT2D eigenvalue weighted by Gasteiger charge is -2.19. The summed E-state index contributed by atoms with van der Waals surface area (Å²) in [5.74, 6) is 1.34. The van der Waals surface area contributed by atoms with Crippen LogP contribution in [0.15, 0.2) is 12.3 Å². The van der Waals surface area contributed by atoms with Crippen LogP contribution in [0.5, 0.6) is 0 Å². The van der Waals surface area contributed by atoms with Crippen LogP contribution in [0.2, 0.25) is 0 Å². The number of hydrogen-bond donors (Lipinski definition) is 0. The average molecular weight is 266 g/mol. The number of aromatic nitrogens is 3. The Morgan fingerprint density at radius 3 is 2.67 bits per heavy atom. The standard InChI is InChI=1S/C14H20ClN3/c1-10-7-11-13(16-9-10)18(12(8-15)17-11)6-5-14(2,3)4/h7,9H,5-6,8H2,1-4H3. The van der Waals surface area contributed by atoms with Crippen LogP contribution in [0.3, 0.4) is 0 Å². The highest BCUT2D eigenvalue weighted by Crippen LogP contribution is 2.23. The van der Waals surface area contributed by atoms with Crippen LogP contribution in [0.4, 0.5) is 0 Å². The second-order valence-electron chi connectivity index (χ2n) is 5.98. The Bertz CT molecular complexity index is 552. The molecule has 0 bridgehead atoms. The Labute approximate surface area is 113 Å². The lowest BCUT2D eigenvalue weighted by molar-refractivity contribution is 0.350. The number of hydrogen-bond acceptors (Lipinski definition) is 2. The van der Waals surface area contributed by atoms with Gasteiger partial charge in [-0.1, -0.05) is 20.8 Å². The van der Waals surface area contributed by atoms with Crippen LogP contribution in [0, 0.1) is 12.3 Å². The molecule has 0 saturated heterocycles. The molecule has 0 aliphatic heterocycles. The Kier molecular flexibility index (Phi) is 3.62. The van der Waals surface area contributed by atoms with E-state index in [0.29, 0.717) is 11.3 Å². The summed E-state index contributed by atoms with van der Waals surface area (Å²) in [6.07, 6.45) is 2.97. The van der Waals surface area contributed by atoms with Crippen molar-refractivity contribution in [3.8, 4) is 0 Å².